The van der Waals surface area contributed by atoms with Crippen molar-refractivity contribution in [3.8, 4) is 0 Å². The highest BCUT2D eigenvalue weighted by atomic mass is 16.8. The molecule has 5 aliphatic heterocycles. The van der Waals surface area contributed by atoms with Crippen LogP contribution in [-0.2, 0) is 19.0 Å². The Morgan fingerprint density at radius 2 is 1.96 bits per heavy atom. The molecular formula is C13H17N5O5. The molecule has 0 spiro atoms. The minimum absolute atomic E-state index is 0.288. The van der Waals surface area contributed by atoms with Gasteiger partial charge in [0, 0.05) is 0 Å². The van der Waals surface area contributed by atoms with Crippen LogP contribution in [-0.4, -0.2) is 70.4 Å². The van der Waals surface area contributed by atoms with Gasteiger partial charge in [-0.05, 0) is 20.8 Å². The fourth-order valence-electron chi connectivity index (χ4n) is 4.12. The summed E-state index contributed by atoms with van der Waals surface area (Å²) in [6.45, 7) is 5.73. The Hall–Kier alpha value is -1.78. The lowest BCUT2D eigenvalue weighted by Crippen LogP contribution is -2.73. The lowest BCUT2D eigenvalue weighted by Gasteiger charge is -2.44. The monoisotopic (exact) mass is 323 g/mol. The van der Waals surface area contributed by atoms with E-state index in [2.05, 4.69) is 15.7 Å². The third-order valence-electron chi connectivity index (χ3n) is 5.10. The van der Waals surface area contributed by atoms with Gasteiger partial charge >= 0.3 is 6.03 Å². The molecule has 23 heavy (non-hydrogen) atoms. The van der Waals surface area contributed by atoms with Gasteiger partial charge in [0.25, 0.3) is 5.91 Å². The maximum Gasteiger partial charge on any atom is 0.328 e. The first-order chi connectivity index (χ1) is 10.8. The molecule has 4 unspecified atom stereocenters. The van der Waals surface area contributed by atoms with Crippen molar-refractivity contribution < 1.29 is 23.8 Å². The molecule has 10 nitrogen and oxygen atoms in total. The lowest BCUT2D eigenvalue weighted by molar-refractivity contribution is -0.200. The molecule has 4 fully saturated rings. The second-order valence-corrected chi connectivity index (χ2v) is 7.13. The van der Waals surface area contributed by atoms with Crippen LogP contribution in [0.15, 0.2) is 10.3 Å². The number of hydrogen-bond acceptors (Lipinski definition) is 8. The summed E-state index contributed by atoms with van der Waals surface area (Å²) < 4.78 is 17.9. The molecule has 0 aromatic heterocycles. The van der Waals surface area contributed by atoms with Crippen LogP contribution in [0, 0.1) is 0 Å². The Balaban J connectivity index is 1.60. The van der Waals surface area contributed by atoms with Gasteiger partial charge in [-0.15, -0.1) is 0 Å². The molecule has 3 amide bonds. The summed E-state index contributed by atoms with van der Waals surface area (Å²) in [6.07, 6.45) is -2.24. The number of nitrogens with one attached hydrogen (secondary N) is 1. The van der Waals surface area contributed by atoms with E-state index in [9.17, 15) is 9.59 Å². The topological polar surface area (TPSA) is 105 Å². The van der Waals surface area contributed by atoms with E-state index < -0.39 is 41.8 Å². The molecule has 6 atom stereocenters. The SMILES string of the molecule is CC1(C)OC2C(O1)[C@@H]1O[C@@H]2CN2N=NC3(C)C(=O)NC(=O)N1C23. The van der Waals surface area contributed by atoms with Gasteiger partial charge in [-0.3, -0.25) is 20.0 Å². The van der Waals surface area contributed by atoms with Crippen LogP contribution in [0.25, 0.3) is 0 Å². The van der Waals surface area contributed by atoms with E-state index in [0.29, 0.717) is 6.54 Å². The number of carbonyl (C=O) groups is 2. The van der Waals surface area contributed by atoms with Gasteiger partial charge < -0.3 is 14.2 Å². The molecule has 1 N–H and O–H groups in total. The lowest BCUT2D eigenvalue weighted by atomic mass is 9.93. The summed E-state index contributed by atoms with van der Waals surface area (Å²) in [5.74, 6) is -1.19. The zero-order valence-electron chi connectivity index (χ0n) is 12.9. The van der Waals surface area contributed by atoms with Gasteiger partial charge in [-0.2, -0.15) is 5.11 Å². The second-order valence-electron chi connectivity index (χ2n) is 7.13. The molecule has 5 heterocycles. The maximum absolute atomic E-state index is 12.5. The number of ether oxygens (including phenoxy) is 3. The Kier molecular flexibility index (Phi) is 2.27. The summed E-state index contributed by atoms with van der Waals surface area (Å²) >= 11 is 0. The third-order valence-corrected chi connectivity index (χ3v) is 5.10. The predicted molar refractivity (Wildman–Crippen MR) is 71.6 cm³/mol. The normalized spacial score (nSPS) is 49.1. The summed E-state index contributed by atoms with van der Waals surface area (Å²) in [5.41, 5.74) is -1.15. The standard InChI is InChI=1S/C13H17N5O5/c1-12(2)22-6-5-4-17-10-13(3,15-16-17)9(19)14-11(20)18(10)8(21-5)7(6)23-12/h5-8,10H,4H2,1-3H3,(H,14,19,20)/t5-,6?,7?,8+,10?,13?/m1/s1. The molecule has 0 radical (unpaired) electrons. The van der Waals surface area contributed by atoms with Crippen molar-refractivity contribution in [2.75, 3.05) is 6.54 Å². The molecule has 0 saturated carbocycles. The van der Waals surface area contributed by atoms with Crippen LogP contribution in [0.4, 0.5) is 4.79 Å². The first-order valence-electron chi connectivity index (χ1n) is 7.64. The highest BCUT2D eigenvalue weighted by molar-refractivity contribution is 6.03. The summed E-state index contributed by atoms with van der Waals surface area (Å²) in [6, 6.07) is -0.519. The van der Waals surface area contributed by atoms with Gasteiger partial charge in [0.05, 0.1) is 6.54 Å². The van der Waals surface area contributed by atoms with E-state index in [4.69, 9.17) is 14.2 Å². The largest absolute Gasteiger partial charge is 0.347 e. The number of imide groups is 1. The Bertz CT molecular complexity index is 653. The molecule has 0 aromatic rings. The molecule has 4 saturated heterocycles. The van der Waals surface area contributed by atoms with E-state index in [1.807, 2.05) is 13.8 Å². The van der Waals surface area contributed by atoms with Crippen molar-refractivity contribution in [1.29, 1.82) is 0 Å². The molecular weight excluding hydrogens is 306 g/mol. The van der Waals surface area contributed by atoms with Crippen molar-refractivity contribution in [2.45, 2.75) is 62.8 Å². The van der Waals surface area contributed by atoms with Gasteiger partial charge in [-0.1, -0.05) is 5.22 Å². The van der Waals surface area contributed by atoms with Crippen molar-refractivity contribution in [2.24, 2.45) is 10.3 Å². The zero-order chi connectivity index (χ0) is 16.1. The van der Waals surface area contributed by atoms with E-state index >= 15 is 0 Å². The van der Waals surface area contributed by atoms with Gasteiger partial charge in [0.15, 0.2) is 23.7 Å². The van der Waals surface area contributed by atoms with E-state index in [-0.39, 0.29) is 12.2 Å². The minimum atomic E-state index is -1.15. The fraction of sp³-hybridized carbons (Fsp3) is 0.846. The van der Waals surface area contributed by atoms with Crippen LogP contribution in [0.1, 0.15) is 20.8 Å². The molecule has 0 aromatic carbocycles. The first kappa shape index (κ1) is 13.6. The molecule has 0 aliphatic carbocycles. The number of amides is 3. The molecule has 2 bridgehead atoms. The van der Waals surface area contributed by atoms with Crippen molar-refractivity contribution in [3.05, 3.63) is 0 Å². The van der Waals surface area contributed by atoms with Crippen LogP contribution in [0.5, 0.6) is 0 Å². The zero-order valence-corrected chi connectivity index (χ0v) is 12.9. The van der Waals surface area contributed by atoms with E-state index in [1.165, 1.54) is 4.90 Å². The first-order valence-corrected chi connectivity index (χ1v) is 7.64. The Morgan fingerprint density at radius 3 is 2.74 bits per heavy atom. The number of fused-ring (bicyclic) bond motifs is 6. The molecule has 5 aliphatic rings. The average molecular weight is 323 g/mol. The quantitative estimate of drug-likeness (QED) is 0.648. The molecule has 10 heteroatoms. The summed E-state index contributed by atoms with van der Waals surface area (Å²) in [7, 11) is 0. The van der Waals surface area contributed by atoms with Crippen molar-refractivity contribution in [1.82, 2.24) is 15.2 Å². The van der Waals surface area contributed by atoms with Gasteiger partial charge in [0.2, 0.25) is 0 Å². The fourth-order valence-corrected chi connectivity index (χ4v) is 4.12. The number of carbonyl (C=O) groups excluding carboxylic acids is 2. The van der Waals surface area contributed by atoms with Crippen molar-refractivity contribution >= 4 is 11.9 Å². The van der Waals surface area contributed by atoms with Crippen LogP contribution in [0.2, 0.25) is 0 Å². The average Bonchev–Trinajstić information content (AvgIpc) is 2.99. The van der Waals surface area contributed by atoms with E-state index in [1.54, 1.807) is 11.9 Å². The Labute approximate surface area is 131 Å². The third kappa shape index (κ3) is 1.53. The molecule has 5 rings (SSSR count). The van der Waals surface area contributed by atoms with Crippen LogP contribution in [0.3, 0.4) is 0 Å². The highest BCUT2D eigenvalue weighted by Gasteiger charge is 2.67. The summed E-state index contributed by atoms with van der Waals surface area (Å²) in [4.78, 5) is 26.2. The number of urea groups is 1. The van der Waals surface area contributed by atoms with Crippen LogP contribution < -0.4 is 5.32 Å². The minimum Gasteiger partial charge on any atom is -0.347 e. The van der Waals surface area contributed by atoms with Gasteiger partial charge in [0.1, 0.15) is 18.3 Å². The Morgan fingerprint density at radius 1 is 1.22 bits per heavy atom. The smallest absolute Gasteiger partial charge is 0.328 e. The van der Waals surface area contributed by atoms with Crippen LogP contribution >= 0.6 is 0 Å². The van der Waals surface area contributed by atoms with E-state index in [0.717, 1.165) is 0 Å². The van der Waals surface area contributed by atoms with Gasteiger partial charge in [-0.25, -0.2) is 4.79 Å². The molecule has 124 valence electrons. The predicted octanol–water partition coefficient (Wildman–Crippen LogP) is -0.436. The number of nitrogens with zero attached hydrogens (tertiary/aromatic N) is 4. The number of rotatable bonds is 0. The number of hydrogen-bond donors (Lipinski definition) is 1. The maximum atomic E-state index is 12.5. The second kappa shape index (κ2) is 3.82. The summed E-state index contributed by atoms with van der Waals surface area (Å²) in [5, 5.41) is 12.2. The van der Waals surface area contributed by atoms with Crippen molar-refractivity contribution in [3.63, 3.8) is 0 Å². The highest BCUT2D eigenvalue weighted by Crippen LogP contribution is 2.46.